The van der Waals surface area contributed by atoms with E-state index in [0.717, 1.165) is 27.4 Å². The minimum atomic E-state index is -1.57. The van der Waals surface area contributed by atoms with Crippen LogP contribution in [0.4, 0.5) is 0 Å². The molecule has 5 rings (SSSR count). The molecule has 0 spiro atoms. The van der Waals surface area contributed by atoms with Crippen LogP contribution >= 0.6 is 0 Å². The number of pyridine rings is 1. The number of nitrogens with one attached hydrogen (secondary N) is 1. The smallest absolute Gasteiger partial charge is 0.183 e. The molecular weight excluding hydrogens is 500 g/mol. The monoisotopic (exact) mass is 532 g/mol. The second-order valence-electron chi connectivity index (χ2n) is 10.3. The van der Waals surface area contributed by atoms with Crippen molar-refractivity contribution in [3.8, 4) is 23.7 Å². The number of H-pyrrole nitrogens is 1. The Morgan fingerprint density at radius 1 is 1.20 bits per heavy atom. The van der Waals surface area contributed by atoms with E-state index in [-0.39, 0.29) is 18.0 Å². The number of hydrogen-bond donors (Lipinski definition) is 2. The van der Waals surface area contributed by atoms with Crippen LogP contribution in [-0.4, -0.2) is 45.0 Å². The van der Waals surface area contributed by atoms with E-state index in [0.29, 0.717) is 54.7 Å². The highest BCUT2D eigenvalue weighted by molar-refractivity contribution is 6.14. The lowest BCUT2D eigenvalue weighted by molar-refractivity contribution is -0.118. The molecule has 2 bridgehead atoms. The van der Waals surface area contributed by atoms with Crippen molar-refractivity contribution in [3.63, 3.8) is 0 Å². The van der Waals surface area contributed by atoms with Gasteiger partial charge in [0.1, 0.15) is 11.8 Å². The molecule has 2 N–H and O–H groups in total. The third-order valence-corrected chi connectivity index (χ3v) is 7.41. The number of carbonyl (C=O) groups is 2. The lowest BCUT2D eigenvalue weighted by Crippen LogP contribution is -2.41. The van der Waals surface area contributed by atoms with Gasteiger partial charge < -0.3 is 14.8 Å². The van der Waals surface area contributed by atoms with Crippen molar-refractivity contribution in [2.45, 2.75) is 64.6 Å². The minimum absolute atomic E-state index is 0.0225. The summed E-state index contributed by atoms with van der Waals surface area (Å²) in [5, 5.41) is 13.4. The minimum Gasteiger partial charge on any atom is -0.373 e. The second kappa shape index (κ2) is 11.5. The summed E-state index contributed by atoms with van der Waals surface area (Å²) in [4.78, 5) is 33.8. The van der Waals surface area contributed by atoms with E-state index in [4.69, 9.17) is 4.74 Å². The third-order valence-electron chi connectivity index (χ3n) is 7.41. The Morgan fingerprint density at radius 2 is 2.02 bits per heavy atom. The number of nitrogens with zero attached hydrogens (tertiary/aromatic N) is 1. The molecule has 6 nitrogen and oxygen atoms in total. The van der Waals surface area contributed by atoms with Gasteiger partial charge >= 0.3 is 0 Å². The number of benzene rings is 1. The van der Waals surface area contributed by atoms with Gasteiger partial charge in [-0.25, -0.2) is 0 Å². The fourth-order valence-electron chi connectivity index (χ4n) is 5.39. The molecule has 0 aliphatic heterocycles. The Bertz CT molecular complexity index is 1730. The SMILES string of the molecule is CC/C=C1\C2=C(C)C(=O)C[C@@]1(O)C#C/C=C\C#C[C@@H]2OCCCCC(=O)c1nccc2c1[nH]c1ccc(C)cc12. The standard InChI is InChI=1S/C34H32N2O4/c1-4-11-26-31-23(3)29(38)21-34(26,39)17-9-6-5-7-13-30(31)40-19-10-8-12-28(37)33-32-24(16-18-35-33)25-20-22(2)14-15-27(25)36-32/h5-6,11,14-16,18,20,30,36,39H,4,8,10,12,19,21H2,1-3H3/b6-5-,26-11+/t30-,34-/m0/s1. The number of rotatable bonds is 8. The zero-order valence-corrected chi connectivity index (χ0v) is 23.1. The van der Waals surface area contributed by atoms with Gasteiger partial charge in [0, 0.05) is 41.1 Å². The number of aryl methyl sites for hydroxylation is 1. The highest BCUT2D eigenvalue weighted by Crippen LogP contribution is 2.38. The van der Waals surface area contributed by atoms with Gasteiger partial charge in [0.2, 0.25) is 0 Å². The topological polar surface area (TPSA) is 92.3 Å². The van der Waals surface area contributed by atoms with E-state index >= 15 is 0 Å². The first-order chi connectivity index (χ1) is 19.3. The van der Waals surface area contributed by atoms with Crippen LogP contribution in [0.5, 0.6) is 0 Å². The number of hydrogen-bond acceptors (Lipinski definition) is 5. The molecule has 0 saturated carbocycles. The first-order valence-corrected chi connectivity index (χ1v) is 13.7. The Balaban J connectivity index is 1.29. The van der Waals surface area contributed by atoms with Crippen LogP contribution in [0.25, 0.3) is 21.8 Å². The lowest BCUT2D eigenvalue weighted by atomic mass is 9.73. The molecule has 2 atom stereocenters. The predicted molar refractivity (Wildman–Crippen MR) is 157 cm³/mol. The number of carbonyl (C=O) groups excluding carboxylic acids is 2. The predicted octanol–water partition coefficient (Wildman–Crippen LogP) is 5.70. The Hall–Kier alpha value is -4.23. The molecule has 2 aromatic heterocycles. The number of ether oxygens (including phenoxy) is 1. The molecule has 0 saturated heterocycles. The van der Waals surface area contributed by atoms with E-state index in [1.807, 2.05) is 31.2 Å². The van der Waals surface area contributed by atoms with Gasteiger partial charge in [-0.15, -0.1) is 0 Å². The van der Waals surface area contributed by atoms with Gasteiger partial charge in [0.25, 0.3) is 0 Å². The molecule has 0 radical (unpaired) electrons. The molecule has 0 fully saturated rings. The Labute approximate surface area is 234 Å². The Morgan fingerprint density at radius 3 is 2.85 bits per heavy atom. The zero-order chi connectivity index (χ0) is 28.3. The van der Waals surface area contributed by atoms with Crippen molar-refractivity contribution >= 4 is 33.4 Å². The number of fused-ring (bicyclic) bond motifs is 5. The average Bonchev–Trinajstić information content (AvgIpc) is 3.30. The van der Waals surface area contributed by atoms with Crippen LogP contribution in [-0.2, 0) is 9.53 Å². The van der Waals surface area contributed by atoms with E-state index in [1.54, 1.807) is 25.3 Å². The molecule has 1 aromatic carbocycles. The third kappa shape index (κ3) is 5.29. The van der Waals surface area contributed by atoms with Crippen LogP contribution in [0, 0.1) is 30.6 Å². The summed E-state index contributed by atoms with van der Waals surface area (Å²) in [5.74, 6) is 11.5. The number of ketones is 2. The fourth-order valence-corrected chi connectivity index (χ4v) is 5.39. The van der Waals surface area contributed by atoms with Gasteiger partial charge in [-0.2, -0.15) is 0 Å². The van der Waals surface area contributed by atoms with Crippen molar-refractivity contribution in [2.24, 2.45) is 0 Å². The number of allylic oxidation sites excluding steroid dienone is 4. The molecular formula is C34H32N2O4. The average molecular weight is 533 g/mol. The molecule has 0 amide bonds. The quantitative estimate of drug-likeness (QED) is 0.221. The summed E-state index contributed by atoms with van der Waals surface area (Å²) in [5.41, 5.74) is 3.52. The zero-order valence-electron chi connectivity index (χ0n) is 23.1. The number of aromatic nitrogens is 2. The molecule has 3 aromatic rings. The normalized spacial score (nSPS) is 22.1. The van der Waals surface area contributed by atoms with E-state index in [1.165, 1.54) is 0 Å². The van der Waals surface area contributed by atoms with Crippen LogP contribution in [0.15, 0.2) is 65.4 Å². The van der Waals surface area contributed by atoms with Crippen molar-refractivity contribution < 1.29 is 19.4 Å². The molecule has 0 unspecified atom stereocenters. The van der Waals surface area contributed by atoms with Crippen molar-refractivity contribution in [1.29, 1.82) is 0 Å². The van der Waals surface area contributed by atoms with Crippen LogP contribution in [0.2, 0.25) is 0 Å². The summed E-state index contributed by atoms with van der Waals surface area (Å²) < 4.78 is 6.20. The van der Waals surface area contributed by atoms with Crippen molar-refractivity contribution in [3.05, 3.63) is 76.7 Å². The summed E-state index contributed by atoms with van der Waals surface area (Å²) in [6.07, 6.45) is 8.23. The lowest BCUT2D eigenvalue weighted by Gasteiger charge is -2.35. The van der Waals surface area contributed by atoms with E-state index < -0.39 is 11.7 Å². The highest BCUT2D eigenvalue weighted by atomic mass is 16.5. The maximum Gasteiger partial charge on any atom is 0.183 e. The second-order valence-corrected chi connectivity index (χ2v) is 10.3. The first-order valence-electron chi connectivity index (χ1n) is 13.7. The molecule has 2 aliphatic carbocycles. The van der Waals surface area contributed by atoms with Crippen molar-refractivity contribution in [1.82, 2.24) is 9.97 Å². The number of aromatic amines is 1. The van der Waals surface area contributed by atoms with Crippen LogP contribution in [0.1, 0.15) is 62.0 Å². The van der Waals surface area contributed by atoms with Gasteiger partial charge in [0.15, 0.2) is 17.2 Å². The largest absolute Gasteiger partial charge is 0.373 e. The summed E-state index contributed by atoms with van der Waals surface area (Å²) in [6, 6.07) is 8.12. The molecule has 2 heterocycles. The van der Waals surface area contributed by atoms with Gasteiger partial charge in [-0.1, -0.05) is 48.3 Å². The van der Waals surface area contributed by atoms with Crippen LogP contribution in [0.3, 0.4) is 0 Å². The summed E-state index contributed by atoms with van der Waals surface area (Å²) in [6.45, 7) is 6.12. The fraction of sp³-hybridized carbons (Fsp3) is 0.324. The molecule has 2 aliphatic rings. The van der Waals surface area contributed by atoms with Gasteiger partial charge in [-0.3, -0.25) is 14.6 Å². The maximum atomic E-state index is 13.1. The van der Waals surface area contributed by atoms with Crippen molar-refractivity contribution in [2.75, 3.05) is 6.61 Å². The Kier molecular flexibility index (Phi) is 7.85. The van der Waals surface area contributed by atoms with Gasteiger partial charge in [0.05, 0.1) is 11.9 Å². The summed E-state index contributed by atoms with van der Waals surface area (Å²) in [7, 11) is 0. The van der Waals surface area contributed by atoms with E-state index in [2.05, 4.69) is 46.6 Å². The number of Topliss-reactive ketones (excluding diaryl/α,β-unsaturated/α-hetero) is 2. The number of unbranched alkanes of at least 4 members (excludes halogenated alkanes) is 1. The maximum absolute atomic E-state index is 13.1. The molecule has 40 heavy (non-hydrogen) atoms. The van der Waals surface area contributed by atoms with Crippen LogP contribution < -0.4 is 0 Å². The molecule has 6 heteroatoms. The summed E-state index contributed by atoms with van der Waals surface area (Å²) >= 11 is 0. The number of aliphatic hydroxyl groups is 1. The van der Waals surface area contributed by atoms with E-state index in [9.17, 15) is 14.7 Å². The molecule has 202 valence electrons. The highest BCUT2D eigenvalue weighted by Gasteiger charge is 2.42. The first kappa shape index (κ1) is 27.3. The van der Waals surface area contributed by atoms with Gasteiger partial charge in [-0.05, 0) is 74.6 Å².